The predicted molar refractivity (Wildman–Crippen MR) is 108 cm³/mol. The Bertz CT molecular complexity index is 1060. The van der Waals surface area contributed by atoms with Crippen molar-refractivity contribution in [2.24, 2.45) is 0 Å². The maximum Gasteiger partial charge on any atom is 0.261 e. The van der Waals surface area contributed by atoms with Gasteiger partial charge in [-0.3, -0.25) is 14.2 Å². The van der Waals surface area contributed by atoms with E-state index in [1.807, 2.05) is 26.0 Å². The van der Waals surface area contributed by atoms with Gasteiger partial charge in [-0.15, -0.1) is 0 Å². The second kappa shape index (κ2) is 8.11. The highest BCUT2D eigenvalue weighted by molar-refractivity contribution is 6.35. The first-order valence-electron chi connectivity index (χ1n) is 8.56. The number of halogens is 2. The minimum Gasteiger partial charge on any atom is -0.349 e. The summed E-state index contributed by atoms with van der Waals surface area (Å²) in [6.45, 7) is 4.01. The Balaban J connectivity index is 1.68. The molecular formula is C20H19Cl2N3O2. The molecule has 0 aliphatic carbocycles. The summed E-state index contributed by atoms with van der Waals surface area (Å²) in [5, 5.41) is 4.49. The Morgan fingerprint density at radius 2 is 2.04 bits per heavy atom. The van der Waals surface area contributed by atoms with Gasteiger partial charge in [0.2, 0.25) is 5.91 Å². The van der Waals surface area contributed by atoms with E-state index in [9.17, 15) is 9.59 Å². The third-order valence-electron chi connectivity index (χ3n) is 4.44. The van der Waals surface area contributed by atoms with E-state index in [-0.39, 0.29) is 30.5 Å². The molecule has 1 aromatic heterocycles. The van der Waals surface area contributed by atoms with Crippen molar-refractivity contribution in [2.75, 3.05) is 0 Å². The third-order valence-corrected chi connectivity index (χ3v) is 5.00. The Kier molecular flexibility index (Phi) is 5.82. The Morgan fingerprint density at radius 1 is 1.26 bits per heavy atom. The van der Waals surface area contributed by atoms with Crippen LogP contribution in [0.3, 0.4) is 0 Å². The third kappa shape index (κ3) is 4.31. The molecule has 5 nitrogen and oxygen atoms in total. The minimum absolute atomic E-state index is 0.148. The molecular weight excluding hydrogens is 385 g/mol. The average Bonchev–Trinajstić information content (AvgIpc) is 2.61. The Hall–Kier alpha value is -2.37. The summed E-state index contributed by atoms with van der Waals surface area (Å²) in [6, 6.07) is 10.4. The molecule has 0 bridgehead atoms. The van der Waals surface area contributed by atoms with Crippen molar-refractivity contribution in [3.05, 3.63) is 74.3 Å². The molecule has 3 rings (SSSR count). The Morgan fingerprint density at radius 3 is 2.78 bits per heavy atom. The number of nitrogens with one attached hydrogen (secondary N) is 1. The summed E-state index contributed by atoms with van der Waals surface area (Å²) >= 11 is 12.1. The molecule has 1 N–H and O–H groups in total. The van der Waals surface area contributed by atoms with Crippen LogP contribution in [0.4, 0.5) is 0 Å². The molecule has 0 spiro atoms. The van der Waals surface area contributed by atoms with Crippen LogP contribution in [0.1, 0.15) is 30.5 Å². The zero-order chi connectivity index (χ0) is 19.6. The lowest BCUT2D eigenvalue weighted by Gasteiger charge is -2.16. The van der Waals surface area contributed by atoms with E-state index < -0.39 is 0 Å². The van der Waals surface area contributed by atoms with Gasteiger partial charge in [0.1, 0.15) is 0 Å². The fraction of sp³-hybridized carbons (Fsp3) is 0.250. The lowest BCUT2D eigenvalue weighted by molar-refractivity contribution is -0.121. The summed E-state index contributed by atoms with van der Waals surface area (Å²) < 4.78 is 1.46. The van der Waals surface area contributed by atoms with Crippen LogP contribution >= 0.6 is 23.2 Å². The molecule has 0 saturated heterocycles. The van der Waals surface area contributed by atoms with Crippen LogP contribution in [0.5, 0.6) is 0 Å². The number of nitrogens with zero attached hydrogens (tertiary/aromatic N) is 2. The monoisotopic (exact) mass is 403 g/mol. The molecule has 1 unspecified atom stereocenters. The Labute approximate surface area is 166 Å². The summed E-state index contributed by atoms with van der Waals surface area (Å²) in [5.74, 6) is -0.176. The zero-order valence-electron chi connectivity index (χ0n) is 15.0. The number of amides is 1. The van der Waals surface area contributed by atoms with Crippen molar-refractivity contribution >= 4 is 40.0 Å². The van der Waals surface area contributed by atoms with E-state index in [1.54, 1.807) is 24.3 Å². The number of aromatic nitrogens is 2. The van der Waals surface area contributed by atoms with Crippen molar-refractivity contribution in [3.8, 4) is 0 Å². The second-order valence-electron chi connectivity index (χ2n) is 6.42. The maximum absolute atomic E-state index is 12.6. The van der Waals surface area contributed by atoms with Crippen LogP contribution in [0.25, 0.3) is 10.9 Å². The number of hydrogen-bond acceptors (Lipinski definition) is 3. The van der Waals surface area contributed by atoms with Gasteiger partial charge < -0.3 is 5.32 Å². The van der Waals surface area contributed by atoms with E-state index in [1.165, 1.54) is 10.9 Å². The maximum atomic E-state index is 12.6. The summed E-state index contributed by atoms with van der Waals surface area (Å²) in [7, 11) is 0. The van der Waals surface area contributed by atoms with Crippen molar-refractivity contribution in [2.45, 2.75) is 32.9 Å². The van der Waals surface area contributed by atoms with Gasteiger partial charge in [0, 0.05) is 23.0 Å². The zero-order valence-corrected chi connectivity index (χ0v) is 16.5. The second-order valence-corrected chi connectivity index (χ2v) is 7.26. The number of carbonyl (C=O) groups excluding carboxylic acids is 1. The fourth-order valence-electron chi connectivity index (χ4n) is 2.96. The van der Waals surface area contributed by atoms with Gasteiger partial charge >= 0.3 is 0 Å². The lowest BCUT2D eigenvalue weighted by atomic mass is 10.1. The summed E-state index contributed by atoms with van der Waals surface area (Å²) in [4.78, 5) is 29.2. The van der Waals surface area contributed by atoms with Crippen LogP contribution < -0.4 is 10.9 Å². The molecule has 2 aromatic carbocycles. The fourth-order valence-corrected chi connectivity index (χ4v) is 3.53. The molecule has 27 heavy (non-hydrogen) atoms. The SMILES string of the molecule is Cc1cccc2c(=O)n(CCC(=O)NC(C)c3ccc(Cl)cc3Cl)cnc12. The highest BCUT2D eigenvalue weighted by atomic mass is 35.5. The molecule has 0 aliphatic rings. The number of fused-ring (bicyclic) bond motifs is 1. The largest absolute Gasteiger partial charge is 0.349 e. The van der Waals surface area contributed by atoms with Gasteiger partial charge in [0.15, 0.2) is 0 Å². The van der Waals surface area contributed by atoms with Gasteiger partial charge in [-0.2, -0.15) is 0 Å². The molecule has 140 valence electrons. The van der Waals surface area contributed by atoms with E-state index in [0.717, 1.165) is 11.1 Å². The lowest BCUT2D eigenvalue weighted by Crippen LogP contribution is -2.29. The van der Waals surface area contributed by atoms with Gasteiger partial charge in [0.25, 0.3) is 5.56 Å². The number of hydrogen-bond donors (Lipinski definition) is 1. The summed E-state index contributed by atoms with van der Waals surface area (Å²) in [5.41, 5.74) is 2.28. The quantitative estimate of drug-likeness (QED) is 0.691. The number of para-hydroxylation sites is 1. The molecule has 1 amide bonds. The first kappa shape index (κ1) is 19.4. The van der Waals surface area contributed by atoms with E-state index in [4.69, 9.17) is 23.2 Å². The number of rotatable bonds is 5. The standard InChI is InChI=1S/C20H19Cl2N3O2/c1-12-4-3-5-16-19(12)23-11-25(20(16)27)9-8-18(26)24-13(2)15-7-6-14(21)10-17(15)22/h3-7,10-11,13H,8-9H2,1-2H3,(H,24,26). The topological polar surface area (TPSA) is 64.0 Å². The highest BCUT2D eigenvalue weighted by Gasteiger charge is 2.14. The van der Waals surface area contributed by atoms with Crippen LogP contribution in [0.15, 0.2) is 47.5 Å². The van der Waals surface area contributed by atoms with Gasteiger partial charge in [0.05, 0.1) is 23.3 Å². The van der Waals surface area contributed by atoms with Crippen LogP contribution in [-0.4, -0.2) is 15.5 Å². The van der Waals surface area contributed by atoms with Crippen molar-refractivity contribution < 1.29 is 4.79 Å². The average molecular weight is 404 g/mol. The van der Waals surface area contributed by atoms with Crippen LogP contribution in [0, 0.1) is 6.92 Å². The van der Waals surface area contributed by atoms with Crippen molar-refractivity contribution in [1.82, 2.24) is 14.9 Å². The number of benzene rings is 2. The number of carbonyl (C=O) groups is 1. The van der Waals surface area contributed by atoms with Gasteiger partial charge in [-0.05, 0) is 43.2 Å². The molecule has 7 heteroatoms. The number of aryl methyl sites for hydroxylation is 2. The minimum atomic E-state index is -0.267. The molecule has 0 radical (unpaired) electrons. The van der Waals surface area contributed by atoms with E-state index in [0.29, 0.717) is 20.9 Å². The molecule has 0 fully saturated rings. The predicted octanol–water partition coefficient (Wildman–Crippen LogP) is 4.28. The molecule has 1 heterocycles. The molecule has 1 atom stereocenters. The smallest absolute Gasteiger partial charge is 0.261 e. The van der Waals surface area contributed by atoms with E-state index >= 15 is 0 Å². The molecule has 0 saturated carbocycles. The highest BCUT2D eigenvalue weighted by Crippen LogP contribution is 2.26. The first-order valence-corrected chi connectivity index (χ1v) is 9.31. The first-order chi connectivity index (χ1) is 12.9. The van der Waals surface area contributed by atoms with Crippen molar-refractivity contribution in [3.63, 3.8) is 0 Å². The summed E-state index contributed by atoms with van der Waals surface area (Å²) in [6.07, 6.45) is 1.65. The normalized spacial score (nSPS) is 12.1. The van der Waals surface area contributed by atoms with E-state index in [2.05, 4.69) is 10.3 Å². The van der Waals surface area contributed by atoms with Gasteiger partial charge in [-0.25, -0.2) is 4.98 Å². The van der Waals surface area contributed by atoms with Crippen LogP contribution in [0.2, 0.25) is 10.0 Å². The van der Waals surface area contributed by atoms with Crippen LogP contribution in [-0.2, 0) is 11.3 Å². The van der Waals surface area contributed by atoms with Crippen molar-refractivity contribution in [1.29, 1.82) is 0 Å². The molecule has 3 aromatic rings. The molecule has 0 aliphatic heterocycles. The van der Waals surface area contributed by atoms with Gasteiger partial charge in [-0.1, -0.05) is 41.4 Å².